The van der Waals surface area contributed by atoms with E-state index in [0.29, 0.717) is 23.0 Å². The molecular formula is C10H19ClN2OS. The van der Waals surface area contributed by atoms with Gasteiger partial charge in [-0.25, -0.2) is 0 Å². The van der Waals surface area contributed by atoms with Crippen molar-refractivity contribution in [3.63, 3.8) is 0 Å². The van der Waals surface area contributed by atoms with E-state index in [-0.39, 0.29) is 17.9 Å². The highest BCUT2D eigenvalue weighted by Gasteiger charge is 2.48. The van der Waals surface area contributed by atoms with E-state index in [1.54, 1.807) is 11.8 Å². The number of halogens is 1. The molecule has 88 valence electrons. The van der Waals surface area contributed by atoms with Crippen LogP contribution in [0.15, 0.2) is 0 Å². The zero-order valence-corrected chi connectivity index (χ0v) is 11.1. The van der Waals surface area contributed by atoms with Crippen LogP contribution in [-0.2, 0) is 4.79 Å². The Kier molecular flexibility index (Phi) is 3.95. The molecule has 0 aromatic carbocycles. The monoisotopic (exact) mass is 250 g/mol. The fourth-order valence-corrected chi connectivity index (χ4v) is 3.79. The first-order valence-electron chi connectivity index (χ1n) is 5.22. The minimum atomic E-state index is 0. The molecule has 2 saturated heterocycles. The van der Waals surface area contributed by atoms with Gasteiger partial charge >= 0.3 is 0 Å². The summed E-state index contributed by atoms with van der Waals surface area (Å²) in [4.78, 5) is 13.6. The van der Waals surface area contributed by atoms with Crippen LogP contribution in [0.2, 0.25) is 0 Å². The van der Waals surface area contributed by atoms with Crippen molar-refractivity contribution in [3.8, 4) is 0 Å². The van der Waals surface area contributed by atoms with Gasteiger partial charge in [0.25, 0.3) is 0 Å². The van der Waals surface area contributed by atoms with Gasteiger partial charge in [-0.1, -0.05) is 13.8 Å². The lowest BCUT2D eigenvalue weighted by Gasteiger charge is -2.47. The summed E-state index contributed by atoms with van der Waals surface area (Å²) in [7, 11) is 0. The van der Waals surface area contributed by atoms with Crippen LogP contribution >= 0.6 is 24.2 Å². The molecule has 2 aliphatic rings. The summed E-state index contributed by atoms with van der Waals surface area (Å²) < 4.78 is 0. The Morgan fingerprint density at radius 1 is 1.60 bits per heavy atom. The number of fused-ring (bicyclic) bond motifs is 1. The molecule has 1 N–H and O–H groups in total. The third-order valence-electron chi connectivity index (χ3n) is 3.54. The molecule has 2 heterocycles. The summed E-state index contributed by atoms with van der Waals surface area (Å²) in [6, 6.07) is 0. The molecule has 0 radical (unpaired) electrons. The summed E-state index contributed by atoms with van der Waals surface area (Å²) in [6.45, 7) is 8.48. The molecule has 0 saturated carbocycles. The van der Waals surface area contributed by atoms with Gasteiger partial charge < -0.3 is 10.2 Å². The number of carbonyl (C=O) groups excluding carboxylic acids is 1. The molecule has 2 unspecified atom stereocenters. The van der Waals surface area contributed by atoms with Gasteiger partial charge in [0.05, 0.1) is 11.1 Å². The number of hydrogen-bond donors (Lipinski definition) is 1. The summed E-state index contributed by atoms with van der Waals surface area (Å²) in [5.41, 5.74) is 0.0784. The van der Waals surface area contributed by atoms with Crippen LogP contribution in [-0.4, -0.2) is 40.6 Å². The van der Waals surface area contributed by atoms with Crippen LogP contribution in [0.4, 0.5) is 0 Å². The van der Waals surface area contributed by atoms with Crippen LogP contribution < -0.4 is 5.32 Å². The molecule has 0 spiro atoms. The van der Waals surface area contributed by atoms with E-state index in [1.807, 2.05) is 4.90 Å². The van der Waals surface area contributed by atoms with Gasteiger partial charge in [-0.2, -0.15) is 0 Å². The number of amides is 1. The standard InChI is InChI=1S/C10H18N2OS.ClH/c1-7(2)10(3)9-12(5-4-11-10)8(13)6-14-9;/h7,9,11H,4-6H2,1-3H3;1H. The Morgan fingerprint density at radius 3 is 2.87 bits per heavy atom. The van der Waals surface area contributed by atoms with Crippen LogP contribution in [0.25, 0.3) is 0 Å². The minimum absolute atomic E-state index is 0. The molecule has 0 aromatic heterocycles. The Labute approximate surface area is 102 Å². The zero-order valence-electron chi connectivity index (χ0n) is 9.45. The van der Waals surface area contributed by atoms with Crippen molar-refractivity contribution in [1.29, 1.82) is 0 Å². The van der Waals surface area contributed by atoms with Crippen molar-refractivity contribution < 1.29 is 4.79 Å². The van der Waals surface area contributed by atoms with Crippen LogP contribution in [0.1, 0.15) is 20.8 Å². The second-order valence-corrected chi connectivity index (χ2v) is 5.68. The Bertz CT molecular complexity index is 262. The lowest BCUT2D eigenvalue weighted by atomic mass is 9.86. The predicted octanol–water partition coefficient (Wildman–Crippen LogP) is 1.33. The van der Waals surface area contributed by atoms with E-state index in [1.165, 1.54) is 0 Å². The number of thioether (sulfide) groups is 1. The number of rotatable bonds is 1. The average Bonchev–Trinajstić information content (AvgIpc) is 2.50. The second kappa shape index (κ2) is 4.52. The number of hydrogen-bond acceptors (Lipinski definition) is 3. The lowest BCUT2D eigenvalue weighted by Crippen LogP contribution is -2.65. The van der Waals surface area contributed by atoms with Gasteiger partial charge in [-0.15, -0.1) is 24.2 Å². The number of carbonyl (C=O) groups is 1. The summed E-state index contributed by atoms with van der Waals surface area (Å²) in [5, 5.41) is 3.91. The first-order valence-corrected chi connectivity index (χ1v) is 6.26. The van der Waals surface area contributed by atoms with E-state index in [0.717, 1.165) is 13.1 Å². The third-order valence-corrected chi connectivity index (χ3v) is 5.01. The molecule has 1 amide bonds. The Hall–Kier alpha value is 0.0700. The van der Waals surface area contributed by atoms with Gasteiger partial charge in [-0.05, 0) is 12.8 Å². The highest BCUT2D eigenvalue weighted by molar-refractivity contribution is 8.01. The maximum Gasteiger partial charge on any atom is 0.233 e. The highest BCUT2D eigenvalue weighted by Crippen LogP contribution is 2.38. The molecule has 0 aliphatic carbocycles. The molecule has 2 fully saturated rings. The molecule has 2 atom stereocenters. The van der Waals surface area contributed by atoms with Gasteiger partial charge in [0.15, 0.2) is 0 Å². The van der Waals surface area contributed by atoms with E-state index in [9.17, 15) is 4.79 Å². The zero-order chi connectivity index (χ0) is 10.3. The SMILES string of the molecule is CC(C)C1(C)NCCN2C(=O)CSC21.Cl. The Morgan fingerprint density at radius 2 is 2.27 bits per heavy atom. The average molecular weight is 251 g/mol. The van der Waals surface area contributed by atoms with E-state index in [4.69, 9.17) is 0 Å². The fourth-order valence-electron chi connectivity index (χ4n) is 2.21. The summed E-state index contributed by atoms with van der Waals surface area (Å²) >= 11 is 1.78. The molecular weight excluding hydrogens is 232 g/mol. The largest absolute Gasteiger partial charge is 0.327 e. The predicted molar refractivity (Wildman–Crippen MR) is 66.5 cm³/mol. The molecule has 0 bridgehead atoms. The van der Waals surface area contributed by atoms with Crippen molar-refractivity contribution >= 4 is 30.1 Å². The molecule has 3 nitrogen and oxygen atoms in total. The second-order valence-electron chi connectivity index (χ2n) is 4.61. The normalized spacial score (nSPS) is 35.3. The third kappa shape index (κ3) is 1.99. The quantitative estimate of drug-likeness (QED) is 0.762. The van der Waals surface area contributed by atoms with Crippen molar-refractivity contribution in [2.75, 3.05) is 18.8 Å². The van der Waals surface area contributed by atoms with Gasteiger partial charge in [0.1, 0.15) is 0 Å². The highest BCUT2D eigenvalue weighted by atomic mass is 35.5. The molecule has 15 heavy (non-hydrogen) atoms. The maximum atomic E-state index is 11.6. The van der Waals surface area contributed by atoms with Crippen LogP contribution in [0.3, 0.4) is 0 Å². The summed E-state index contributed by atoms with van der Waals surface area (Å²) in [6.07, 6.45) is 0. The molecule has 2 rings (SSSR count). The number of nitrogens with one attached hydrogen (secondary N) is 1. The Balaban J connectivity index is 0.00000112. The van der Waals surface area contributed by atoms with Crippen LogP contribution in [0, 0.1) is 5.92 Å². The lowest BCUT2D eigenvalue weighted by molar-refractivity contribution is -0.130. The minimum Gasteiger partial charge on any atom is -0.327 e. The van der Waals surface area contributed by atoms with Crippen LogP contribution in [0.5, 0.6) is 0 Å². The molecule has 2 aliphatic heterocycles. The number of piperazine rings is 1. The van der Waals surface area contributed by atoms with Gasteiger partial charge in [-0.3, -0.25) is 4.79 Å². The first-order chi connectivity index (χ1) is 6.55. The molecule has 5 heteroatoms. The summed E-state index contributed by atoms with van der Waals surface area (Å²) in [5.74, 6) is 1.52. The van der Waals surface area contributed by atoms with E-state index >= 15 is 0 Å². The van der Waals surface area contributed by atoms with Crippen molar-refractivity contribution in [2.45, 2.75) is 31.7 Å². The van der Waals surface area contributed by atoms with Crippen molar-refractivity contribution in [3.05, 3.63) is 0 Å². The number of nitrogens with zero attached hydrogens (tertiary/aromatic N) is 1. The van der Waals surface area contributed by atoms with E-state index in [2.05, 4.69) is 26.1 Å². The maximum absolute atomic E-state index is 11.6. The molecule has 0 aromatic rings. The topological polar surface area (TPSA) is 32.3 Å². The van der Waals surface area contributed by atoms with Crippen molar-refractivity contribution in [2.24, 2.45) is 5.92 Å². The first kappa shape index (κ1) is 13.1. The van der Waals surface area contributed by atoms with Gasteiger partial charge in [0.2, 0.25) is 5.91 Å². The van der Waals surface area contributed by atoms with Crippen molar-refractivity contribution in [1.82, 2.24) is 10.2 Å². The van der Waals surface area contributed by atoms with Gasteiger partial charge in [0, 0.05) is 18.6 Å². The van der Waals surface area contributed by atoms with E-state index < -0.39 is 0 Å². The fraction of sp³-hybridized carbons (Fsp3) is 0.900. The smallest absolute Gasteiger partial charge is 0.233 e.